The van der Waals surface area contributed by atoms with E-state index in [-0.39, 0.29) is 30.4 Å². The Bertz CT molecular complexity index is 915. The van der Waals surface area contributed by atoms with E-state index >= 15 is 0 Å². The molecule has 0 saturated carbocycles. The molecule has 0 fully saturated rings. The number of aliphatic carboxylic acids is 1. The number of hydrogen-bond donors (Lipinski definition) is 1. The predicted octanol–water partition coefficient (Wildman–Crippen LogP) is 5.79. The highest BCUT2D eigenvalue weighted by Gasteiger charge is 2.31. The third kappa shape index (κ3) is 7.20. The zero-order valence-electron chi connectivity index (χ0n) is 16.1. The summed E-state index contributed by atoms with van der Waals surface area (Å²) >= 11 is 5.88. The van der Waals surface area contributed by atoms with E-state index in [4.69, 9.17) is 26.2 Å². The Kier molecular flexibility index (Phi) is 8.43. The molecule has 0 spiro atoms. The monoisotopic (exact) mass is 440 g/mol. The van der Waals surface area contributed by atoms with Crippen LogP contribution in [0.25, 0.3) is 0 Å². The third-order valence-electron chi connectivity index (χ3n) is 4.05. The Labute approximate surface area is 177 Å². The van der Waals surface area contributed by atoms with Crippen LogP contribution in [-0.2, 0) is 11.0 Å². The summed E-state index contributed by atoms with van der Waals surface area (Å²) in [6.45, 7) is 2.07. The molecule has 0 radical (unpaired) electrons. The van der Waals surface area contributed by atoms with Crippen molar-refractivity contribution in [3.05, 3.63) is 58.6 Å². The number of benzene rings is 2. The molecule has 2 aromatic rings. The first-order valence-electron chi connectivity index (χ1n) is 9.07. The summed E-state index contributed by atoms with van der Waals surface area (Å²) in [7, 11) is 0. The van der Waals surface area contributed by atoms with Gasteiger partial charge in [-0.05, 0) is 42.8 Å². The van der Waals surface area contributed by atoms with Crippen LogP contribution in [0, 0.1) is 11.8 Å². The zero-order valence-corrected chi connectivity index (χ0v) is 16.9. The van der Waals surface area contributed by atoms with Gasteiger partial charge >= 0.3 is 12.1 Å². The van der Waals surface area contributed by atoms with Crippen LogP contribution >= 0.6 is 11.6 Å². The maximum Gasteiger partial charge on any atom is 0.416 e. The predicted molar refractivity (Wildman–Crippen MR) is 107 cm³/mol. The lowest BCUT2D eigenvalue weighted by molar-refractivity contribution is -0.138. The fraction of sp³-hybridized carbons (Fsp3) is 0.318. The molecule has 160 valence electrons. The van der Waals surface area contributed by atoms with Crippen molar-refractivity contribution in [2.75, 3.05) is 13.2 Å². The first-order valence-corrected chi connectivity index (χ1v) is 9.45. The van der Waals surface area contributed by atoms with Gasteiger partial charge in [-0.25, -0.2) is 0 Å². The van der Waals surface area contributed by atoms with E-state index < -0.39 is 23.6 Å². The first kappa shape index (κ1) is 23.4. The number of alkyl halides is 3. The van der Waals surface area contributed by atoms with E-state index in [2.05, 4.69) is 11.8 Å². The molecule has 1 unspecified atom stereocenters. The lowest BCUT2D eigenvalue weighted by Crippen LogP contribution is -2.08. The molecule has 0 amide bonds. The molecule has 8 heteroatoms. The Morgan fingerprint density at radius 2 is 1.80 bits per heavy atom. The van der Waals surface area contributed by atoms with Gasteiger partial charge < -0.3 is 14.6 Å². The Hall–Kier alpha value is -2.85. The Balaban J connectivity index is 1.83. The van der Waals surface area contributed by atoms with E-state index in [0.717, 1.165) is 23.8 Å². The van der Waals surface area contributed by atoms with Crippen LogP contribution in [0.1, 0.15) is 36.8 Å². The molecule has 0 aliphatic rings. The number of halogens is 4. The summed E-state index contributed by atoms with van der Waals surface area (Å²) in [6.07, 6.45) is -4.13. The van der Waals surface area contributed by atoms with Gasteiger partial charge in [0.15, 0.2) is 0 Å². The molecule has 0 aromatic heterocycles. The number of carbonyl (C=O) groups is 1. The Morgan fingerprint density at radius 1 is 1.13 bits per heavy atom. The van der Waals surface area contributed by atoms with Gasteiger partial charge in [0.05, 0.1) is 36.1 Å². The van der Waals surface area contributed by atoms with Crippen LogP contribution in [0.5, 0.6) is 11.5 Å². The second-order valence-corrected chi connectivity index (χ2v) is 6.71. The highest BCUT2D eigenvalue weighted by molar-refractivity contribution is 6.32. The maximum absolute atomic E-state index is 12.8. The van der Waals surface area contributed by atoms with E-state index in [1.54, 1.807) is 31.2 Å². The van der Waals surface area contributed by atoms with Gasteiger partial charge in [-0.3, -0.25) is 4.79 Å². The van der Waals surface area contributed by atoms with Crippen LogP contribution in [0.15, 0.2) is 42.5 Å². The standard InChI is InChI=1S/C22H20ClF3O4/c1-2-4-16(13-21(27)28)15-5-8-18(9-6-15)29-11-3-12-30-20-14-17(22(24,25)26)7-10-19(20)23/h5-10,14,16H,3,11-13H2,1H3,(H,27,28). The van der Waals surface area contributed by atoms with Crippen LogP contribution in [0.4, 0.5) is 13.2 Å². The van der Waals surface area contributed by atoms with Crippen LogP contribution in [0.2, 0.25) is 5.02 Å². The number of ether oxygens (including phenoxy) is 2. The molecule has 1 N–H and O–H groups in total. The summed E-state index contributed by atoms with van der Waals surface area (Å²) in [5, 5.41) is 9.08. The smallest absolute Gasteiger partial charge is 0.416 e. The maximum atomic E-state index is 12.8. The van der Waals surface area contributed by atoms with Crippen molar-refractivity contribution in [1.82, 2.24) is 0 Å². The zero-order chi connectivity index (χ0) is 22.1. The number of hydrogen-bond acceptors (Lipinski definition) is 3. The van der Waals surface area contributed by atoms with Gasteiger partial charge in [0.1, 0.15) is 11.5 Å². The highest BCUT2D eigenvalue weighted by atomic mass is 35.5. The van der Waals surface area contributed by atoms with E-state index in [1.165, 1.54) is 0 Å². The van der Waals surface area contributed by atoms with Crippen molar-refractivity contribution >= 4 is 17.6 Å². The summed E-state index contributed by atoms with van der Waals surface area (Å²) in [4.78, 5) is 11.0. The van der Waals surface area contributed by atoms with Gasteiger partial charge in [0.2, 0.25) is 0 Å². The SMILES string of the molecule is CC#CC(CC(=O)O)c1ccc(OCCCOc2cc(C(F)(F)F)ccc2Cl)cc1. The van der Waals surface area contributed by atoms with Gasteiger partial charge in [0, 0.05) is 6.42 Å². The van der Waals surface area contributed by atoms with Crippen molar-refractivity contribution in [3.8, 4) is 23.3 Å². The van der Waals surface area contributed by atoms with Crippen LogP contribution < -0.4 is 9.47 Å². The molecule has 30 heavy (non-hydrogen) atoms. The molecule has 0 aliphatic carbocycles. The molecule has 2 rings (SSSR count). The van der Waals surface area contributed by atoms with Crippen LogP contribution in [0.3, 0.4) is 0 Å². The molecular weight excluding hydrogens is 421 g/mol. The minimum absolute atomic E-state index is 0.0302. The van der Waals surface area contributed by atoms with Crippen LogP contribution in [-0.4, -0.2) is 24.3 Å². The van der Waals surface area contributed by atoms with E-state index in [9.17, 15) is 18.0 Å². The second kappa shape index (κ2) is 10.8. The summed E-state index contributed by atoms with van der Waals surface area (Å²) < 4.78 is 49.2. The lowest BCUT2D eigenvalue weighted by Gasteiger charge is -2.13. The first-order chi connectivity index (χ1) is 14.2. The molecule has 2 aromatic carbocycles. The highest BCUT2D eigenvalue weighted by Crippen LogP contribution is 2.35. The van der Waals surface area contributed by atoms with Gasteiger partial charge in [0.25, 0.3) is 0 Å². The van der Waals surface area contributed by atoms with Gasteiger partial charge in [-0.2, -0.15) is 13.2 Å². The summed E-state index contributed by atoms with van der Waals surface area (Å²) in [6, 6.07) is 9.86. The molecular formula is C22H20ClF3O4. The molecule has 4 nitrogen and oxygen atoms in total. The van der Waals surface area contributed by atoms with Crippen molar-refractivity contribution in [1.29, 1.82) is 0 Å². The minimum Gasteiger partial charge on any atom is -0.493 e. The van der Waals surface area contributed by atoms with E-state index in [0.29, 0.717) is 12.2 Å². The fourth-order valence-corrected chi connectivity index (χ4v) is 2.79. The number of rotatable bonds is 9. The average molecular weight is 441 g/mol. The van der Waals surface area contributed by atoms with Crippen molar-refractivity contribution in [3.63, 3.8) is 0 Å². The summed E-state index contributed by atoms with van der Waals surface area (Å²) in [5.41, 5.74) is -0.0474. The minimum atomic E-state index is -4.47. The largest absolute Gasteiger partial charge is 0.493 e. The topological polar surface area (TPSA) is 55.8 Å². The normalized spacial score (nSPS) is 11.9. The van der Waals surface area contributed by atoms with Gasteiger partial charge in [-0.1, -0.05) is 29.7 Å². The molecule has 1 atom stereocenters. The number of carboxylic acids is 1. The van der Waals surface area contributed by atoms with Crippen molar-refractivity contribution < 1.29 is 32.5 Å². The number of carboxylic acid groups (broad SMARTS) is 1. The third-order valence-corrected chi connectivity index (χ3v) is 4.37. The van der Waals surface area contributed by atoms with Gasteiger partial charge in [-0.15, -0.1) is 5.92 Å². The molecule has 0 heterocycles. The quantitative estimate of drug-likeness (QED) is 0.396. The molecule has 0 bridgehead atoms. The second-order valence-electron chi connectivity index (χ2n) is 6.31. The van der Waals surface area contributed by atoms with E-state index in [1.807, 2.05) is 0 Å². The average Bonchev–Trinajstić information content (AvgIpc) is 2.68. The van der Waals surface area contributed by atoms with Crippen molar-refractivity contribution in [2.24, 2.45) is 0 Å². The fourth-order valence-electron chi connectivity index (χ4n) is 2.62. The Morgan fingerprint density at radius 3 is 2.40 bits per heavy atom. The molecule has 0 saturated heterocycles. The van der Waals surface area contributed by atoms with Crippen molar-refractivity contribution in [2.45, 2.75) is 31.9 Å². The molecule has 0 aliphatic heterocycles. The lowest BCUT2D eigenvalue weighted by atomic mass is 9.96. The summed E-state index contributed by atoms with van der Waals surface area (Å²) in [5.74, 6) is 4.83.